The second kappa shape index (κ2) is 5.99. The van der Waals surface area contributed by atoms with Crippen LogP contribution in [-0.2, 0) is 12.7 Å². The molecule has 0 atom stereocenters. The molecule has 0 spiro atoms. The van der Waals surface area contributed by atoms with Crippen LogP contribution in [0.3, 0.4) is 0 Å². The third-order valence-corrected chi connectivity index (χ3v) is 3.55. The summed E-state index contributed by atoms with van der Waals surface area (Å²) in [6.45, 7) is 1.88. The summed E-state index contributed by atoms with van der Waals surface area (Å²) < 4.78 is 40.3. The fourth-order valence-electron chi connectivity index (χ4n) is 2.42. The number of halogens is 3. The third-order valence-electron chi connectivity index (χ3n) is 3.55. The maximum Gasteiger partial charge on any atom is 0.418 e. The normalized spacial score (nSPS) is 11.7. The smallest absolute Gasteiger partial charge is 0.379 e. The molecule has 0 aliphatic carbocycles. The van der Waals surface area contributed by atoms with E-state index in [4.69, 9.17) is 0 Å². The minimum atomic E-state index is -4.45. The van der Waals surface area contributed by atoms with Crippen molar-refractivity contribution in [2.75, 3.05) is 5.32 Å². The molecule has 0 amide bonds. The van der Waals surface area contributed by atoms with Crippen LogP contribution >= 0.6 is 0 Å². The Balaban J connectivity index is 1.90. The summed E-state index contributed by atoms with van der Waals surface area (Å²) in [5.74, 6) is 0. The summed E-state index contributed by atoms with van der Waals surface area (Å²) in [6.07, 6.45) is -2.78. The highest BCUT2D eigenvalue weighted by atomic mass is 19.4. The van der Waals surface area contributed by atoms with Crippen LogP contribution in [0.25, 0.3) is 5.65 Å². The number of rotatable bonds is 3. The monoisotopic (exact) mass is 333 g/mol. The van der Waals surface area contributed by atoms with Crippen LogP contribution in [0.1, 0.15) is 16.8 Å². The topological polar surface area (TPSA) is 46.4 Å². The highest BCUT2D eigenvalue weighted by Gasteiger charge is 2.33. The Bertz CT molecular complexity index is 948. The van der Waals surface area contributed by atoms with Crippen molar-refractivity contribution in [1.82, 2.24) is 9.38 Å². The zero-order valence-electron chi connectivity index (χ0n) is 12.8. The van der Waals surface area contributed by atoms with E-state index in [1.165, 1.54) is 28.7 Å². The van der Waals surface area contributed by atoms with Gasteiger partial charge in [0, 0.05) is 18.0 Å². The molecule has 7 heteroatoms. The lowest BCUT2D eigenvalue weighted by Gasteiger charge is -2.14. The van der Waals surface area contributed by atoms with Crippen molar-refractivity contribution in [3.63, 3.8) is 0 Å². The van der Waals surface area contributed by atoms with Gasteiger partial charge in [0.25, 0.3) is 5.56 Å². The standard InChI is InChI=1S/C17H14F3N3O/c1-11-6-7-15-22-12(8-16(24)23(15)10-11)9-21-14-5-3-2-4-13(14)17(18,19)20/h2-8,10,21H,9H2,1H3. The van der Waals surface area contributed by atoms with Gasteiger partial charge in [-0.15, -0.1) is 0 Å². The number of alkyl halides is 3. The summed E-state index contributed by atoms with van der Waals surface area (Å²) in [6, 6.07) is 10.0. The largest absolute Gasteiger partial charge is 0.418 e. The summed E-state index contributed by atoms with van der Waals surface area (Å²) in [7, 11) is 0. The first-order chi connectivity index (χ1) is 11.3. The molecular formula is C17H14F3N3O. The predicted molar refractivity (Wildman–Crippen MR) is 85.0 cm³/mol. The van der Waals surface area contributed by atoms with Gasteiger partial charge in [0.15, 0.2) is 0 Å². The van der Waals surface area contributed by atoms with E-state index in [0.717, 1.165) is 11.6 Å². The Morgan fingerprint density at radius 2 is 1.92 bits per heavy atom. The quantitative estimate of drug-likeness (QED) is 0.796. The van der Waals surface area contributed by atoms with Crippen molar-refractivity contribution in [2.24, 2.45) is 0 Å². The highest BCUT2D eigenvalue weighted by molar-refractivity contribution is 5.53. The Kier molecular flexibility index (Phi) is 4.01. The fraction of sp³-hybridized carbons (Fsp3) is 0.176. The molecule has 0 aliphatic rings. The number of pyridine rings is 1. The van der Waals surface area contributed by atoms with E-state index in [1.807, 2.05) is 13.0 Å². The summed E-state index contributed by atoms with van der Waals surface area (Å²) >= 11 is 0. The van der Waals surface area contributed by atoms with Gasteiger partial charge in [-0.3, -0.25) is 9.20 Å². The lowest BCUT2D eigenvalue weighted by Crippen LogP contribution is -2.17. The highest BCUT2D eigenvalue weighted by Crippen LogP contribution is 2.34. The van der Waals surface area contributed by atoms with Crippen LogP contribution in [-0.4, -0.2) is 9.38 Å². The third kappa shape index (κ3) is 3.24. The van der Waals surface area contributed by atoms with Gasteiger partial charge in [-0.05, 0) is 30.7 Å². The zero-order chi connectivity index (χ0) is 17.3. The van der Waals surface area contributed by atoms with Gasteiger partial charge in [0.2, 0.25) is 0 Å². The maximum atomic E-state index is 13.0. The van der Waals surface area contributed by atoms with Gasteiger partial charge in [-0.25, -0.2) is 4.98 Å². The van der Waals surface area contributed by atoms with Crippen LogP contribution in [0.2, 0.25) is 0 Å². The minimum absolute atomic E-state index is 0.0205. The van der Waals surface area contributed by atoms with Crippen molar-refractivity contribution in [2.45, 2.75) is 19.6 Å². The SMILES string of the molecule is Cc1ccc2nc(CNc3ccccc3C(F)(F)F)cc(=O)n2c1. The first-order valence-corrected chi connectivity index (χ1v) is 7.23. The number of nitrogens with zero attached hydrogens (tertiary/aromatic N) is 2. The summed E-state index contributed by atoms with van der Waals surface area (Å²) in [5, 5.41) is 2.71. The van der Waals surface area contributed by atoms with E-state index >= 15 is 0 Å². The number of benzene rings is 1. The van der Waals surface area contributed by atoms with Crippen LogP contribution < -0.4 is 10.9 Å². The Hall–Kier alpha value is -2.83. The van der Waals surface area contributed by atoms with Crippen molar-refractivity contribution in [3.8, 4) is 0 Å². The summed E-state index contributed by atoms with van der Waals surface area (Å²) in [4.78, 5) is 16.4. The molecule has 0 bridgehead atoms. The molecule has 2 aromatic heterocycles. The molecular weight excluding hydrogens is 319 g/mol. The molecule has 0 saturated carbocycles. The van der Waals surface area contributed by atoms with E-state index in [2.05, 4.69) is 10.3 Å². The van der Waals surface area contributed by atoms with Crippen molar-refractivity contribution in [3.05, 3.63) is 75.8 Å². The van der Waals surface area contributed by atoms with Crippen LogP contribution in [0, 0.1) is 6.92 Å². The number of nitrogens with one attached hydrogen (secondary N) is 1. The van der Waals surface area contributed by atoms with Crippen LogP contribution in [0.15, 0.2) is 53.5 Å². The minimum Gasteiger partial charge on any atom is -0.379 e. The molecule has 124 valence electrons. The lowest BCUT2D eigenvalue weighted by atomic mass is 10.1. The van der Waals surface area contributed by atoms with Crippen molar-refractivity contribution >= 4 is 11.3 Å². The van der Waals surface area contributed by atoms with E-state index in [0.29, 0.717) is 11.3 Å². The number of hydrogen-bond acceptors (Lipinski definition) is 3. The van der Waals surface area contributed by atoms with E-state index < -0.39 is 11.7 Å². The van der Waals surface area contributed by atoms with Gasteiger partial charge in [-0.1, -0.05) is 18.2 Å². The molecule has 1 N–H and O–H groups in total. The van der Waals surface area contributed by atoms with Crippen molar-refractivity contribution in [1.29, 1.82) is 0 Å². The second-order valence-electron chi connectivity index (χ2n) is 5.42. The number of fused-ring (bicyclic) bond motifs is 1. The van der Waals surface area contributed by atoms with E-state index in [1.54, 1.807) is 12.3 Å². The lowest BCUT2D eigenvalue weighted by molar-refractivity contribution is -0.137. The number of hydrogen-bond donors (Lipinski definition) is 1. The first-order valence-electron chi connectivity index (χ1n) is 7.23. The number of aromatic nitrogens is 2. The Labute approximate surface area is 135 Å². The molecule has 1 aromatic carbocycles. The Morgan fingerprint density at radius 3 is 2.67 bits per heavy atom. The molecule has 2 heterocycles. The molecule has 3 aromatic rings. The fourth-order valence-corrected chi connectivity index (χ4v) is 2.42. The number of para-hydroxylation sites is 1. The van der Waals surface area contributed by atoms with Crippen LogP contribution in [0.5, 0.6) is 0 Å². The maximum absolute atomic E-state index is 13.0. The van der Waals surface area contributed by atoms with E-state index in [-0.39, 0.29) is 17.8 Å². The van der Waals surface area contributed by atoms with E-state index in [9.17, 15) is 18.0 Å². The molecule has 0 radical (unpaired) electrons. The first kappa shape index (κ1) is 16.0. The summed E-state index contributed by atoms with van der Waals surface area (Å²) in [5.41, 5.74) is 0.671. The van der Waals surface area contributed by atoms with Gasteiger partial charge >= 0.3 is 6.18 Å². The molecule has 4 nitrogen and oxygen atoms in total. The second-order valence-corrected chi connectivity index (χ2v) is 5.42. The van der Waals surface area contributed by atoms with Gasteiger partial charge in [0.05, 0.1) is 17.8 Å². The average Bonchev–Trinajstić information content (AvgIpc) is 2.53. The molecule has 24 heavy (non-hydrogen) atoms. The zero-order valence-corrected chi connectivity index (χ0v) is 12.8. The predicted octanol–water partition coefficient (Wildman–Crippen LogP) is 3.63. The molecule has 3 rings (SSSR count). The Morgan fingerprint density at radius 1 is 1.17 bits per heavy atom. The number of aryl methyl sites for hydroxylation is 1. The number of anilines is 1. The van der Waals surface area contributed by atoms with Crippen LogP contribution in [0.4, 0.5) is 18.9 Å². The average molecular weight is 333 g/mol. The molecule has 0 unspecified atom stereocenters. The molecule has 0 saturated heterocycles. The van der Waals surface area contributed by atoms with Gasteiger partial charge < -0.3 is 5.32 Å². The molecule has 0 aliphatic heterocycles. The van der Waals surface area contributed by atoms with Gasteiger partial charge in [-0.2, -0.15) is 13.2 Å². The van der Waals surface area contributed by atoms with Gasteiger partial charge in [0.1, 0.15) is 5.65 Å². The molecule has 0 fully saturated rings. The van der Waals surface area contributed by atoms with Crippen molar-refractivity contribution < 1.29 is 13.2 Å².